The van der Waals surface area contributed by atoms with Crippen LogP contribution < -0.4 is 5.73 Å². The summed E-state index contributed by atoms with van der Waals surface area (Å²) in [5.41, 5.74) is 6.41. The smallest absolute Gasteiger partial charge is 0.247 e. The lowest BCUT2D eigenvalue weighted by atomic mass is 9.88. The fourth-order valence-electron chi connectivity index (χ4n) is 3.55. The molecule has 3 unspecified atom stereocenters. The molecule has 114 valence electrons. The maximum Gasteiger partial charge on any atom is 0.247 e. The fraction of sp³-hybridized carbons (Fsp3) is 0.588. The van der Waals surface area contributed by atoms with Crippen LogP contribution in [-0.2, 0) is 10.3 Å². The molecule has 2 aliphatic rings. The minimum atomic E-state index is -0.925. The van der Waals surface area contributed by atoms with Gasteiger partial charge in [0.15, 0.2) is 0 Å². The number of hydrogen-bond acceptors (Lipinski definition) is 3. The zero-order valence-corrected chi connectivity index (χ0v) is 13.4. The summed E-state index contributed by atoms with van der Waals surface area (Å²) in [5.74, 6) is 1.13. The van der Waals surface area contributed by atoms with Gasteiger partial charge in [0, 0.05) is 23.6 Å². The largest absolute Gasteiger partial charge is 0.336 e. The summed E-state index contributed by atoms with van der Waals surface area (Å²) in [7, 11) is 0. The van der Waals surface area contributed by atoms with Crippen LogP contribution in [0.2, 0.25) is 0 Å². The van der Waals surface area contributed by atoms with Crippen molar-refractivity contribution >= 4 is 17.7 Å². The molecule has 1 amide bonds. The Balaban J connectivity index is 1.83. The van der Waals surface area contributed by atoms with Gasteiger partial charge in [-0.3, -0.25) is 4.79 Å². The molecular formula is C17H24N2OS. The van der Waals surface area contributed by atoms with E-state index in [1.165, 1.54) is 19.3 Å². The van der Waals surface area contributed by atoms with Crippen LogP contribution in [0.4, 0.5) is 0 Å². The Morgan fingerprint density at radius 3 is 2.76 bits per heavy atom. The minimum absolute atomic E-state index is 0.0888. The van der Waals surface area contributed by atoms with Crippen molar-refractivity contribution in [2.24, 2.45) is 5.73 Å². The first-order valence-electron chi connectivity index (χ1n) is 7.88. The van der Waals surface area contributed by atoms with Crippen molar-refractivity contribution in [1.82, 2.24) is 4.90 Å². The molecule has 0 spiro atoms. The lowest BCUT2D eigenvalue weighted by molar-refractivity contribution is -0.139. The number of carbonyl (C=O) groups excluding carboxylic acids is 1. The second kappa shape index (κ2) is 6.01. The van der Waals surface area contributed by atoms with Crippen molar-refractivity contribution < 1.29 is 4.79 Å². The summed E-state index contributed by atoms with van der Waals surface area (Å²) >= 11 is 2.04. The van der Waals surface area contributed by atoms with Gasteiger partial charge in [-0.2, -0.15) is 11.8 Å². The molecule has 21 heavy (non-hydrogen) atoms. The molecule has 2 N–H and O–H groups in total. The Bertz CT molecular complexity index is 501. The van der Waals surface area contributed by atoms with E-state index in [0.717, 1.165) is 24.3 Å². The summed E-state index contributed by atoms with van der Waals surface area (Å²) in [6, 6.07) is 10.1. The quantitative estimate of drug-likeness (QED) is 0.914. The second-order valence-corrected chi connectivity index (χ2v) is 7.68. The van der Waals surface area contributed by atoms with Crippen LogP contribution in [-0.4, -0.2) is 34.4 Å². The number of nitrogens with two attached hydrogens (primary N) is 1. The zero-order chi connectivity index (χ0) is 14.9. The van der Waals surface area contributed by atoms with E-state index < -0.39 is 5.54 Å². The Morgan fingerprint density at radius 2 is 2.00 bits per heavy atom. The summed E-state index contributed by atoms with van der Waals surface area (Å²) in [6.07, 6.45) is 4.91. The molecule has 3 rings (SSSR count). The first kappa shape index (κ1) is 14.9. The maximum absolute atomic E-state index is 13.1. The Morgan fingerprint density at radius 1 is 1.29 bits per heavy atom. The SMILES string of the molecule is CC(N)(C(=O)N1CCSC2CCCCC21)c1ccccc1. The Hall–Kier alpha value is -1.00. The highest BCUT2D eigenvalue weighted by Crippen LogP contribution is 2.37. The third kappa shape index (κ3) is 2.84. The molecule has 3 atom stereocenters. The van der Waals surface area contributed by atoms with E-state index in [9.17, 15) is 4.79 Å². The number of nitrogens with zero attached hydrogens (tertiary/aromatic N) is 1. The molecule has 4 heteroatoms. The molecule has 1 heterocycles. The van der Waals surface area contributed by atoms with Crippen LogP contribution in [0.3, 0.4) is 0 Å². The number of fused-ring (bicyclic) bond motifs is 1. The van der Waals surface area contributed by atoms with Crippen LogP contribution >= 0.6 is 11.8 Å². The number of rotatable bonds is 2. The molecule has 1 saturated heterocycles. The molecule has 2 fully saturated rings. The predicted octanol–water partition coefficient (Wildman–Crippen LogP) is 2.75. The lowest BCUT2D eigenvalue weighted by Crippen LogP contribution is -2.59. The predicted molar refractivity (Wildman–Crippen MR) is 88.2 cm³/mol. The molecule has 1 aromatic rings. The second-order valence-electron chi connectivity index (χ2n) is 6.33. The monoisotopic (exact) mass is 304 g/mol. The van der Waals surface area contributed by atoms with Crippen molar-refractivity contribution in [2.75, 3.05) is 12.3 Å². The average Bonchev–Trinajstić information content (AvgIpc) is 2.54. The van der Waals surface area contributed by atoms with Gasteiger partial charge in [-0.1, -0.05) is 43.2 Å². The topological polar surface area (TPSA) is 46.3 Å². The van der Waals surface area contributed by atoms with Crippen LogP contribution in [0.5, 0.6) is 0 Å². The third-order valence-corrected chi connectivity index (χ3v) is 6.21. The Kier molecular flexibility index (Phi) is 4.27. The van der Waals surface area contributed by atoms with E-state index >= 15 is 0 Å². The van der Waals surface area contributed by atoms with Gasteiger partial charge >= 0.3 is 0 Å². The standard InChI is InChI=1S/C17H24N2OS/c1-17(18,13-7-3-2-4-8-13)16(20)19-11-12-21-15-10-6-5-9-14(15)19/h2-4,7-8,14-15H,5-6,9-12,18H2,1H3. The van der Waals surface area contributed by atoms with Crippen molar-refractivity contribution in [1.29, 1.82) is 0 Å². The van der Waals surface area contributed by atoms with Crippen LogP contribution in [0.25, 0.3) is 0 Å². The number of thioether (sulfide) groups is 1. The van der Waals surface area contributed by atoms with Crippen LogP contribution in [0.15, 0.2) is 30.3 Å². The van der Waals surface area contributed by atoms with Gasteiger partial charge in [0.2, 0.25) is 5.91 Å². The first-order chi connectivity index (χ1) is 10.1. The molecule has 1 saturated carbocycles. The number of benzene rings is 1. The minimum Gasteiger partial charge on any atom is -0.336 e. The van der Waals surface area contributed by atoms with Gasteiger partial charge in [-0.25, -0.2) is 0 Å². The van der Waals surface area contributed by atoms with E-state index in [0.29, 0.717) is 11.3 Å². The van der Waals surface area contributed by atoms with Crippen molar-refractivity contribution in [2.45, 2.75) is 49.4 Å². The first-order valence-corrected chi connectivity index (χ1v) is 8.92. The van der Waals surface area contributed by atoms with E-state index in [1.807, 2.05) is 49.0 Å². The molecular weight excluding hydrogens is 280 g/mol. The summed E-state index contributed by atoms with van der Waals surface area (Å²) in [6.45, 7) is 2.69. The summed E-state index contributed by atoms with van der Waals surface area (Å²) < 4.78 is 0. The zero-order valence-electron chi connectivity index (χ0n) is 12.6. The van der Waals surface area contributed by atoms with Gasteiger partial charge in [0.1, 0.15) is 5.54 Å². The highest BCUT2D eigenvalue weighted by Gasteiger charge is 2.42. The molecule has 1 aliphatic heterocycles. The molecule has 1 aliphatic carbocycles. The third-order valence-electron chi connectivity index (χ3n) is 4.81. The molecule has 0 radical (unpaired) electrons. The number of carbonyl (C=O) groups is 1. The van der Waals surface area contributed by atoms with Crippen LogP contribution in [0.1, 0.15) is 38.2 Å². The highest BCUT2D eigenvalue weighted by atomic mass is 32.2. The van der Waals surface area contributed by atoms with Gasteiger partial charge in [-0.05, 0) is 25.3 Å². The average molecular weight is 304 g/mol. The molecule has 1 aromatic carbocycles. The number of hydrogen-bond donors (Lipinski definition) is 1. The van der Waals surface area contributed by atoms with Crippen LogP contribution in [0, 0.1) is 0 Å². The van der Waals surface area contributed by atoms with E-state index in [-0.39, 0.29) is 5.91 Å². The van der Waals surface area contributed by atoms with Gasteiger partial charge < -0.3 is 10.6 Å². The lowest BCUT2D eigenvalue weighted by Gasteiger charge is -2.46. The van der Waals surface area contributed by atoms with E-state index in [1.54, 1.807) is 0 Å². The van der Waals surface area contributed by atoms with Crippen molar-refractivity contribution in [3.8, 4) is 0 Å². The molecule has 3 nitrogen and oxygen atoms in total. The fourth-order valence-corrected chi connectivity index (χ4v) is 5.00. The summed E-state index contributed by atoms with van der Waals surface area (Å²) in [5, 5.41) is 0.614. The number of amides is 1. The summed E-state index contributed by atoms with van der Waals surface area (Å²) in [4.78, 5) is 15.1. The maximum atomic E-state index is 13.1. The molecule has 0 bridgehead atoms. The normalized spacial score (nSPS) is 28.6. The highest BCUT2D eigenvalue weighted by molar-refractivity contribution is 8.00. The van der Waals surface area contributed by atoms with Crippen molar-refractivity contribution in [3.63, 3.8) is 0 Å². The molecule has 0 aromatic heterocycles. The van der Waals surface area contributed by atoms with Gasteiger partial charge in [-0.15, -0.1) is 0 Å². The van der Waals surface area contributed by atoms with E-state index in [2.05, 4.69) is 4.90 Å². The van der Waals surface area contributed by atoms with Crippen molar-refractivity contribution in [3.05, 3.63) is 35.9 Å². The van der Waals surface area contributed by atoms with Gasteiger partial charge in [0.05, 0.1) is 0 Å². The Labute approximate surface area is 131 Å². The van der Waals surface area contributed by atoms with Gasteiger partial charge in [0.25, 0.3) is 0 Å². The van der Waals surface area contributed by atoms with E-state index in [4.69, 9.17) is 5.73 Å².